The van der Waals surface area contributed by atoms with Crippen molar-refractivity contribution < 1.29 is 33.2 Å². The van der Waals surface area contributed by atoms with E-state index in [0.717, 1.165) is 63.8 Å². The fourth-order valence-electron chi connectivity index (χ4n) is 5.88. The van der Waals surface area contributed by atoms with Gasteiger partial charge in [0.1, 0.15) is 6.23 Å². The third-order valence-electron chi connectivity index (χ3n) is 8.53. The fraction of sp³-hybridized carbons (Fsp3) is 0.824. The van der Waals surface area contributed by atoms with Gasteiger partial charge in [0.2, 0.25) is 0 Å². The molecule has 1 fully saturated rings. The first-order chi connectivity index (χ1) is 21.7. The highest BCUT2D eigenvalue weighted by molar-refractivity contribution is 5.68. The second kappa shape index (κ2) is 19.6. The predicted octanol–water partition coefficient (Wildman–Crippen LogP) is 5.24. The van der Waals surface area contributed by atoms with Gasteiger partial charge in [-0.25, -0.2) is 9.48 Å². The number of ether oxygens (including phenoxy) is 6. The molecule has 2 aliphatic rings. The van der Waals surface area contributed by atoms with Crippen LogP contribution in [0.15, 0.2) is 12.3 Å². The Morgan fingerprint density at radius 1 is 1.07 bits per heavy atom. The van der Waals surface area contributed by atoms with Crippen molar-refractivity contribution in [3.05, 3.63) is 23.5 Å². The number of hydrogen-bond donors (Lipinski definition) is 1. The summed E-state index contributed by atoms with van der Waals surface area (Å²) in [6, 6.07) is 0. The largest absolute Gasteiger partial charge is 0.453 e. The van der Waals surface area contributed by atoms with E-state index in [0.29, 0.717) is 65.9 Å². The predicted molar refractivity (Wildman–Crippen MR) is 175 cm³/mol. The number of rotatable bonds is 20. The maximum absolute atomic E-state index is 12.3. The molecule has 0 bridgehead atoms. The fourth-order valence-corrected chi connectivity index (χ4v) is 5.88. The Labute approximate surface area is 271 Å². The molecule has 1 unspecified atom stereocenters. The molecule has 11 heteroatoms. The van der Waals surface area contributed by atoms with Crippen molar-refractivity contribution in [2.45, 2.75) is 91.3 Å². The number of aromatic nitrogens is 2. The van der Waals surface area contributed by atoms with Gasteiger partial charge < -0.3 is 38.6 Å². The average Bonchev–Trinajstić information content (AvgIpc) is 3.46. The van der Waals surface area contributed by atoms with Gasteiger partial charge in [0, 0.05) is 50.1 Å². The molecule has 1 saturated heterocycles. The molecule has 1 aromatic heterocycles. The summed E-state index contributed by atoms with van der Waals surface area (Å²) in [4.78, 5) is 14.0. The third-order valence-corrected chi connectivity index (χ3v) is 8.53. The van der Waals surface area contributed by atoms with Crippen LogP contribution in [0.4, 0.5) is 4.79 Å². The molecule has 3 rings (SSSR count). The number of allylic oxidation sites excluding steroid dienone is 2. The van der Waals surface area contributed by atoms with Gasteiger partial charge in [0.15, 0.2) is 0 Å². The van der Waals surface area contributed by atoms with Crippen molar-refractivity contribution in [1.29, 1.82) is 0 Å². The molecule has 1 amide bonds. The SMILES string of the molecule is CCOCCOCC1(COCCOCC)CC=C(c2nn(C3CCCCO3)cc2CCNCCN(C(=O)OC)C(C)(C)C)CC1. The van der Waals surface area contributed by atoms with Gasteiger partial charge in [-0.3, -0.25) is 0 Å². The van der Waals surface area contributed by atoms with Crippen molar-refractivity contribution in [2.75, 3.05) is 86.2 Å². The third kappa shape index (κ3) is 12.3. The highest BCUT2D eigenvalue weighted by Crippen LogP contribution is 2.40. The summed E-state index contributed by atoms with van der Waals surface area (Å²) in [5, 5.41) is 8.65. The molecule has 2 heterocycles. The van der Waals surface area contributed by atoms with Gasteiger partial charge in [0.25, 0.3) is 0 Å². The lowest BCUT2D eigenvalue weighted by atomic mass is 9.75. The van der Waals surface area contributed by atoms with Gasteiger partial charge in [-0.05, 0) is 97.2 Å². The maximum Gasteiger partial charge on any atom is 0.409 e. The van der Waals surface area contributed by atoms with Gasteiger partial charge in [0.05, 0.1) is 52.4 Å². The standard InChI is InChI=1S/C34H60N4O7/c1-7-41-21-23-43-26-34(27-44-24-22-42-8-2)15-12-28(13-16-34)31-29(25-38(36-31)30-11-9-10-20-45-30)14-17-35-18-19-37(32(39)40-6)33(3,4)5/h12,25,30,35H,7-11,13-24,26-27H2,1-6H3. The van der Waals surface area contributed by atoms with Gasteiger partial charge in [-0.15, -0.1) is 0 Å². The lowest BCUT2D eigenvalue weighted by Crippen LogP contribution is -2.48. The molecule has 0 aromatic carbocycles. The van der Waals surface area contributed by atoms with Crippen LogP contribution in [0.3, 0.4) is 0 Å². The minimum atomic E-state index is -0.311. The molecule has 258 valence electrons. The lowest BCUT2D eigenvalue weighted by molar-refractivity contribution is -0.0490. The van der Waals surface area contributed by atoms with E-state index in [1.807, 2.05) is 39.3 Å². The Bertz CT molecular complexity index is 1000. The van der Waals surface area contributed by atoms with Crippen LogP contribution in [0.2, 0.25) is 0 Å². The molecule has 1 aliphatic heterocycles. The monoisotopic (exact) mass is 636 g/mol. The number of carbonyl (C=O) groups is 1. The number of hydrogen-bond acceptors (Lipinski definition) is 9. The van der Waals surface area contributed by atoms with Crippen molar-refractivity contribution >= 4 is 11.7 Å². The minimum absolute atomic E-state index is 0.0135. The van der Waals surface area contributed by atoms with E-state index in [1.165, 1.54) is 18.2 Å². The summed E-state index contributed by atoms with van der Waals surface area (Å²) in [7, 11) is 1.43. The number of nitrogens with zero attached hydrogens (tertiary/aromatic N) is 3. The van der Waals surface area contributed by atoms with Gasteiger partial charge in [-0.2, -0.15) is 5.10 Å². The molecule has 1 N–H and O–H groups in total. The topological polar surface area (TPSA) is 106 Å². The normalized spacial score (nSPS) is 18.5. The molecule has 0 spiro atoms. The summed E-state index contributed by atoms with van der Waals surface area (Å²) in [5.41, 5.74) is 3.17. The van der Waals surface area contributed by atoms with Crippen LogP contribution in [0.5, 0.6) is 0 Å². The van der Waals surface area contributed by atoms with Gasteiger partial charge >= 0.3 is 6.09 Å². The van der Waals surface area contributed by atoms with Crippen LogP contribution in [0.25, 0.3) is 5.57 Å². The van der Waals surface area contributed by atoms with Crippen molar-refractivity contribution in [1.82, 2.24) is 20.0 Å². The van der Waals surface area contributed by atoms with E-state index in [-0.39, 0.29) is 23.3 Å². The Morgan fingerprint density at radius 2 is 1.76 bits per heavy atom. The summed E-state index contributed by atoms with van der Waals surface area (Å²) in [6.45, 7) is 17.9. The van der Waals surface area contributed by atoms with Crippen LogP contribution in [0.1, 0.15) is 90.6 Å². The molecular weight excluding hydrogens is 576 g/mol. The van der Waals surface area contributed by atoms with E-state index in [1.54, 1.807) is 4.90 Å². The Hall–Kier alpha value is -2.02. The van der Waals surface area contributed by atoms with Crippen molar-refractivity contribution in [3.8, 4) is 0 Å². The summed E-state index contributed by atoms with van der Waals surface area (Å²) in [6.07, 6.45) is 11.0. The van der Waals surface area contributed by atoms with E-state index in [4.69, 9.17) is 33.5 Å². The van der Waals surface area contributed by atoms with E-state index in [9.17, 15) is 4.79 Å². The zero-order chi connectivity index (χ0) is 32.5. The molecule has 0 radical (unpaired) electrons. The average molecular weight is 637 g/mol. The zero-order valence-corrected chi connectivity index (χ0v) is 28.9. The zero-order valence-electron chi connectivity index (χ0n) is 28.9. The molecular formula is C34H60N4O7. The second-order valence-corrected chi connectivity index (χ2v) is 13.0. The second-order valence-electron chi connectivity index (χ2n) is 13.0. The smallest absolute Gasteiger partial charge is 0.409 e. The van der Waals surface area contributed by atoms with Crippen LogP contribution in [-0.4, -0.2) is 113 Å². The van der Waals surface area contributed by atoms with Crippen LogP contribution in [-0.2, 0) is 34.8 Å². The number of amides is 1. The van der Waals surface area contributed by atoms with Crippen molar-refractivity contribution in [2.24, 2.45) is 5.41 Å². The van der Waals surface area contributed by atoms with Crippen LogP contribution in [0, 0.1) is 5.41 Å². The molecule has 45 heavy (non-hydrogen) atoms. The Balaban J connectivity index is 1.69. The first-order valence-corrected chi connectivity index (χ1v) is 17.0. The minimum Gasteiger partial charge on any atom is -0.453 e. The van der Waals surface area contributed by atoms with Crippen LogP contribution < -0.4 is 5.32 Å². The van der Waals surface area contributed by atoms with E-state index in [2.05, 4.69) is 17.6 Å². The Kier molecular flexibility index (Phi) is 16.3. The number of nitrogens with one attached hydrogen (secondary N) is 1. The molecule has 1 aliphatic carbocycles. The molecule has 0 saturated carbocycles. The summed E-state index contributed by atoms with van der Waals surface area (Å²) >= 11 is 0. The highest BCUT2D eigenvalue weighted by Gasteiger charge is 2.34. The first-order valence-electron chi connectivity index (χ1n) is 17.0. The lowest BCUT2D eigenvalue weighted by Gasteiger charge is -2.36. The maximum atomic E-state index is 12.3. The summed E-state index contributed by atoms with van der Waals surface area (Å²) < 4.78 is 36.3. The Morgan fingerprint density at radius 3 is 2.31 bits per heavy atom. The molecule has 1 aromatic rings. The van der Waals surface area contributed by atoms with Crippen LogP contribution >= 0.6 is 0 Å². The van der Waals surface area contributed by atoms with Gasteiger partial charge in [-0.1, -0.05) is 6.08 Å². The first kappa shape index (κ1) is 37.4. The number of carbonyl (C=O) groups excluding carboxylic acids is 1. The highest BCUT2D eigenvalue weighted by atomic mass is 16.5. The van der Waals surface area contributed by atoms with Crippen molar-refractivity contribution in [3.63, 3.8) is 0 Å². The van der Waals surface area contributed by atoms with E-state index >= 15 is 0 Å². The quantitative estimate of drug-likeness (QED) is 0.192. The number of methoxy groups -OCH3 is 1. The molecule has 1 atom stereocenters. The summed E-state index contributed by atoms with van der Waals surface area (Å²) in [5.74, 6) is 0. The molecule has 11 nitrogen and oxygen atoms in total. The van der Waals surface area contributed by atoms with E-state index < -0.39 is 0 Å².